The fourth-order valence-electron chi connectivity index (χ4n) is 1.77. The first-order chi connectivity index (χ1) is 9.95. The number of esters is 1. The van der Waals surface area contributed by atoms with Crippen molar-refractivity contribution >= 4 is 16.0 Å². The lowest BCUT2D eigenvalue weighted by atomic mass is 10.2. The molecule has 0 aliphatic heterocycles. The second kappa shape index (κ2) is 6.06. The molecule has 112 valence electrons. The van der Waals surface area contributed by atoms with Crippen molar-refractivity contribution in [2.75, 3.05) is 14.2 Å². The minimum Gasteiger partial charge on any atom is -0.465 e. The van der Waals surface area contributed by atoms with E-state index in [2.05, 4.69) is 14.9 Å². The number of H-pyrrole nitrogens is 1. The van der Waals surface area contributed by atoms with Crippen molar-refractivity contribution in [3.8, 4) is 0 Å². The van der Waals surface area contributed by atoms with Gasteiger partial charge in [-0.3, -0.25) is 5.10 Å². The summed E-state index contributed by atoms with van der Waals surface area (Å²) in [6.45, 7) is 0.206. The fourth-order valence-corrected chi connectivity index (χ4v) is 2.93. The molecule has 1 N–H and O–H groups in total. The van der Waals surface area contributed by atoms with Crippen LogP contribution >= 0.6 is 0 Å². The number of ether oxygens (including phenoxy) is 1. The fraction of sp³-hybridized carbons (Fsp3) is 0.231. The number of sulfonamides is 1. The molecule has 0 aliphatic rings. The van der Waals surface area contributed by atoms with Crippen LogP contribution in [0.3, 0.4) is 0 Å². The average molecular weight is 309 g/mol. The first-order valence-corrected chi connectivity index (χ1v) is 7.51. The number of carbonyl (C=O) groups is 1. The molecule has 0 aliphatic carbocycles. The highest BCUT2D eigenvalue weighted by molar-refractivity contribution is 7.89. The van der Waals surface area contributed by atoms with E-state index in [0.29, 0.717) is 5.56 Å². The van der Waals surface area contributed by atoms with Crippen molar-refractivity contribution in [2.24, 2.45) is 0 Å². The lowest BCUT2D eigenvalue weighted by Gasteiger charge is -2.16. The molecule has 0 saturated heterocycles. The van der Waals surface area contributed by atoms with Crippen LogP contribution in [0.5, 0.6) is 0 Å². The zero-order valence-corrected chi connectivity index (χ0v) is 12.4. The highest BCUT2D eigenvalue weighted by Gasteiger charge is 2.21. The predicted molar refractivity (Wildman–Crippen MR) is 75.0 cm³/mol. The Morgan fingerprint density at radius 2 is 2.00 bits per heavy atom. The molecular weight excluding hydrogens is 294 g/mol. The number of nitrogens with one attached hydrogen (secondary N) is 1. The number of aromatic nitrogens is 2. The summed E-state index contributed by atoms with van der Waals surface area (Å²) >= 11 is 0. The summed E-state index contributed by atoms with van der Waals surface area (Å²) in [5.74, 6) is -0.509. The maximum Gasteiger partial charge on any atom is 0.337 e. The molecule has 0 fully saturated rings. The quantitative estimate of drug-likeness (QED) is 0.832. The van der Waals surface area contributed by atoms with E-state index in [1.54, 1.807) is 12.4 Å². The van der Waals surface area contributed by atoms with Gasteiger partial charge in [0.25, 0.3) is 0 Å². The maximum atomic E-state index is 12.4. The Morgan fingerprint density at radius 1 is 1.33 bits per heavy atom. The number of hydrogen-bond acceptors (Lipinski definition) is 5. The second-order valence-corrected chi connectivity index (χ2v) is 6.43. The van der Waals surface area contributed by atoms with Crippen molar-refractivity contribution in [1.29, 1.82) is 0 Å². The SMILES string of the molecule is COC(=O)c1ccc(S(=O)(=O)N(C)Cc2cn[nH]c2)cc1. The molecule has 0 bridgehead atoms. The molecule has 0 radical (unpaired) electrons. The van der Waals surface area contributed by atoms with E-state index in [0.717, 1.165) is 5.56 Å². The van der Waals surface area contributed by atoms with Gasteiger partial charge in [0.05, 0.1) is 23.8 Å². The molecule has 1 aromatic carbocycles. The summed E-state index contributed by atoms with van der Waals surface area (Å²) in [5, 5.41) is 6.40. The normalized spacial score (nSPS) is 11.6. The molecule has 1 heterocycles. The van der Waals surface area contributed by atoms with Crippen molar-refractivity contribution in [3.05, 3.63) is 47.8 Å². The smallest absolute Gasteiger partial charge is 0.337 e. The van der Waals surface area contributed by atoms with Crippen molar-refractivity contribution < 1.29 is 17.9 Å². The Balaban J connectivity index is 2.20. The standard InChI is InChI=1S/C13H15N3O4S/c1-16(9-10-7-14-15-8-10)21(18,19)12-5-3-11(4-6-12)13(17)20-2/h3-8H,9H2,1-2H3,(H,14,15). The van der Waals surface area contributed by atoms with Gasteiger partial charge in [-0.2, -0.15) is 9.40 Å². The lowest BCUT2D eigenvalue weighted by Crippen LogP contribution is -2.26. The topological polar surface area (TPSA) is 92.4 Å². The van der Waals surface area contributed by atoms with E-state index in [9.17, 15) is 13.2 Å². The molecule has 1 aromatic heterocycles. The Kier molecular flexibility index (Phi) is 4.39. The van der Waals surface area contributed by atoms with Gasteiger partial charge in [0, 0.05) is 25.4 Å². The van der Waals surface area contributed by atoms with Crippen LogP contribution in [0.15, 0.2) is 41.6 Å². The van der Waals surface area contributed by atoms with Crippen LogP contribution in [-0.2, 0) is 21.3 Å². The van der Waals surface area contributed by atoms with Crippen LogP contribution in [0.25, 0.3) is 0 Å². The number of rotatable bonds is 5. The van der Waals surface area contributed by atoms with E-state index in [1.807, 2.05) is 0 Å². The molecule has 21 heavy (non-hydrogen) atoms. The highest BCUT2D eigenvalue weighted by atomic mass is 32.2. The number of methoxy groups -OCH3 is 1. The van der Waals surface area contributed by atoms with E-state index >= 15 is 0 Å². The van der Waals surface area contributed by atoms with Gasteiger partial charge in [0.15, 0.2) is 0 Å². The van der Waals surface area contributed by atoms with Gasteiger partial charge < -0.3 is 4.74 Å². The van der Waals surface area contributed by atoms with Crippen LogP contribution in [0.4, 0.5) is 0 Å². The van der Waals surface area contributed by atoms with Crippen LogP contribution in [0.2, 0.25) is 0 Å². The highest BCUT2D eigenvalue weighted by Crippen LogP contribution is 2.17. The summed E-state index contributed by atoms with van der Waals surface area (Å²) < 4.78 is 30.6. The molecule has 0 saturated carbocycles. The van der Waals surface area contributed by atoms with Gasteiger partial charge in [-0.1, -0.05) is 0 Å². The second-order valence-electron chi connectivity index (χ2n) is 4.38. The summed E-state index contributed by atoms with van der Waals surface area (Å²) in [5.41, 5.74) is 1.06. The zero-order chi connectivity index (χ0) is 15.5. The summed E-state index contributed by atoms with van der Waals surface area (Å²) in [6, 6.07) is 5.61. The van der Waals surface area contributed by atoms with Gasteiger partial charge >= 0.3 is 5.97 Å². The number of aromatic amines is 1. The monoisotopic (exact) mass is 309 g/mol. The van der Waals surface area contributed by atoms with Gasteiger partial charge in [-0.25, -0.2) is 13.2 Å². The Morgan fingerprint density at radius 3 is 2.52 bits per heavy atom. The third-order valence-electron chi connectivity index (χ3n) is 2.94. The minimum atomic E-state index is -3.62. The number of hydrogen-bond donors (Lipinski definition) is 1. The van der Waals surface area contributed by atoms with Crippen molar-refractivity contribution in [3.63, 3.8) is 0 Å². The maximum absolute atomic E-state index is 12.4. The minimum absolute atomic E-state index is 0.112. The first-order valence-electron chi connectivity index (χ1n) is 6.07. The molecule has 0 unspecified atom stereocenters. The predicted octanol–water partition coefficient (Wildman–Crippen LogP) is 1.02. The van der Waals surface area contributed by atoms with Crippen molar-refractivity contribution in [2.45, 2.75) is 11.4 Å². The number of nitrogens with zero attached hydrogens (tertiary/aromatic N) is 2. The van der Waals surface area contributed by atoms with E-state index in [1.165, 1.54) is 42.7 Å². The molecule has 2 rings (SSSR count). The lowest BCUT2D eigenvalue weighted by molar-refractivity contribution is 0.0600. The summed E-state index contributed by atoms with van der Waals surface area (Å²) in [4.78, 5) is 11.4. The number of benzene rings is 1. The van der Waals surface area contributed by atoms with Gasteiger partial charge in [-0.05, 0) is 24.3 Å². The van der Waals surface area contributed by atoms with Crippen LogP contribution in [0.1, 0.15) is 15.9 Å². The first kappa shape index (κ1) is 15.2. The molecule has 2 aromatic rings. The van der Waals surface area contributed by atoms with Crippen LogP contribution in [0, 0.1) is 0 Å². The summed E-state index contributed by atoms with van der Waals surface area (Å²) in [7, 11) is -0.872. The van der Waals surface area contributed by atoms with Crippen LogP contribution in [-0.4, -0.2) is 43.0 Å². The molecule has 7 nitrogen and oxygen atoms in total. The Bertz CT molecular complexity index is 708. The Labute approximate surface area is 122 Å². The third-order valence-corrected chi connectivity index (χ3v) is 4.76. The van der Waals surface area contributed by atoms with Gasteiger partial charge in [0.1, 0.15) is 0 Å². The van der Waals surface area contributed by atoms with E-state index in [4.69, 9.17) is 0 Å². The molecular formula is C13H15N3O4S. The van der Waals surface area contributed by atoms with E-state index < -0.39 is 16.0 Å². The molecule has 0 amide bonds. The van der Waals surface area contributed by atoms with Gasteiger partial charge in [-0.15, -0.1) is 0 Å². The number of carbonyl (C=O) groups excluding carboxylic acids is 1. The molecule has 0 atom stereocenters. The third kappa shape index (κ3) is 3.29. The van der Waals surface area contributed by atoms with Crippen molar-refractivity contribution in [1.82, 2.24) is 14.5 Å². The molecule has 8 heteroatoms. The van der Waals surface area contributed by atoms with Gasteiger partial charge in [0.2, 0.25) is 10.0 Å². The largest absolute Gasteiger partial charge is 0.465 e. The molecule has 0 spiro atoms. The van der Waals surface area contributed by atoms with E-state index in [-0.39, 0.29) is 11.4 Å². The van der Waals surface area contributed by atoms with Crippen LogP contribution < -0.4 is 0 Å². The summed E-state index contributed by atoms with van der Waals surface area (Å²) in [6.07, 6.45) is 3.19. The average Bonchev–Trinajstić information content (AvgIpc) is 2.99. The Hall–Kier alpha value is -2.19. The zero-order valence-electron chi connectivity index (χ0n) is 11.6.